The first-order chi connectivity index (χ1) is 6.19. The second-order valence-electron chi connectivity index (χ2n) is 2.86. The highest BCUT2D eigenvalue weighted by Gasteiger charge is 2.03. The number of carbonyl (C=O) groups is 1. The van der Waals surface area contributed by atoms with Crippen molar-refractivity contribution in [2.75, 3.05) is 7.11 Å². The van der Waals surface area contributed by atoms with E-state index in [0.717, 1.165) is 23.2 Å². The average Bonchev–Trinajstić information content (AvgIpc) is 2.16. The van der Waals surface area contributed by atoms with Crippen molar-refractivity contribution < 1.29 is 9.53 Å². The first-order valence-corrected chi connectivity index (χ1v) is 3.98. The number of ether oxygens (including phenoxy) is 1. The number of methoxy groups -OCH3 is 1. The Labute approximate surface area is 77.8 Å². The Morgan fingerprint density at radius 2 is 2.23 bits per heavy atom. The van der Waals surface area contributed by atoms with E-state index in [-0.39, 0.29) is 0 Å². The van der Waals surface area contributed by atoms with Crippen LogP contribution in [0.3, 0.4) is 0 Å². The second kappa shape index (κ2) is 3.90. The first kappa shape index (κ1) is 9.52. The first-order valence-electron chi connectivity index (χ1n) is 3.98. The van der Waals surface area contributed by atoms with Crippen molar-refractivity contribution in [3.8, 4) is 5.75 Å². The summed E-state index contributed by atoms with van der Waals surface area (Å²) in [5, 5.41) is 0. The van der Waals surface area contributed by atoms with Crippen molar-refractivity contribution in [1.82, 2.24) is 0 Å². The van der Waals surface area contributed by atoms with Gasteiger partial charge in [0.05, 0.1) is 7.11 Å². The van der Waals surface area contributed by atoms with Crippen LogP contribution in [0.2, 0.25) is 0 Å². The van der Waals surface area contributed by atoms with Crippen LogP contribution in [0.15, 0.2) is 24.8 Å². The molecule has 2 nitrogen and oxygen atoms in total. The molecule has 68 valence electrons. The molecule has 0 bridgehead atoms. The summed E-state index contributed by atoms with van der Waals surface area (Å²) >= 11 is 0. The van der Waals surface area contributed by atoms with Gasteiger partial charge in [0.2, 0.25) is 0 Å². The van der Waals surface area contributed by atoms with E-state index in [0.29, 0.717) is 5.56 Å². The summed E-state index contributed by atoms with van der Waals surface area (Å²) in [5.74, 6) is 0.748. The molecule has 0 amide bonds. The van der Waals surface area contributed by atoms with Crippen LogP contribution in [-0.4, -0.2) is 13.4 Å². The van der Waals surface area contributed by atoms with E-state index in [4.69, 9.17) is 4.74 Å². The zero-order chi connectivity index (χ0) is 9.84. The third-order valence-electron chi connectivity index (χ3n) is 1.82. The fourth-order valence-electron chi connectivity index (χ4n) is 1.13. The number of hydrogen-bond donors (Lipinski definition) is 0. The number of benzene rings is 1. The molecule has 0 fully saturated rings. The summed E-state index contributed by atoms with van der Waals surface area (Å²) in [6.07, 6.45) is 0.811. The van der Waals surface area contributed by atoms with E-state index in [1.807, 2.05) is 6.92 Å². The summed E-state index contributed by atoms with van der Waals surface area (Å²) in [6.45, 7) is 5.69. The minimum atomic E-state index is 0.638. The van der Waals surface area contributed by atoms with Gasteiger partial charge in [-0.2, -0.15) is 0 Å². The van der Waals surface area contributed by atoms with E-state index >= 15 is 0 Å². The summed E-state index contributed by atoms with van der Waals surface area (Å²) in [7, 11) is 1.60. The fourth-order valence-corrected chi connectivity index (χ4v) is 1.13. The molecule has 0 radical (unpaired) electrons. The lowest BCUT2D eigenvalue weighted by Gasteiger charge is -2.07. The van der Waals surface area contributed by atoms with Gasteiger partial charge >= 0.3 is 0 Å². The lowest BCUT2D eigenvalue weighted by Crippen LogP contribution is -1.91. The molecule has 2 heteroatoms. The van der Waals surface area contributed by atoms with Gasteiger partial charge in [0.15, 0.2) is 0 Å². The van der Waals surface area contributed by atoms with E-state index in [2.05, 4.69) is 6.58 Å². The van der Waals surface area contributed by atoms with Gasteiger partial charge in [0.1, 0.15) is 12.0 Å². The summed E-state index contributed by atoms with van der Waals surface area (Å²) in [4.78, 5) is 10.5. The molecule has 0 spiro atoms. The van der Waals surface area contributed by atoms with Crippen LogP contribution >= 0.6 is 0 Å². The number of allylic oxidation sites excluding steroid dienone is 1. The number of rotatable bonds is 3. The predicted octanol–water partition coefficient (Wildman–Crippen LogP) is 2.54. The Morgan fingerprint density at radius 3 is 2.69 bits per heavy atom. The molecule has 1 rings (SSSR count). The largest absolute Gasteiger partial charge is 0.496 e. The van der Waals surface area contributed by atoms with Gasteiger partial charge in [0.25, 0.3) is 0 Å². The fraction of sp³-hybridized carbons (Fsp3) is 0.182. The van der Waals surface area contributed by atoms with Gasteiger partial charge in [-0.05, 0) is 30.7 Å². The van der Waals surface area contributed by atoms with Crippen LogP contribution in [0.1, 0.15) is 22.8 Å². The number of carbonyl (C=O) groups excluding carboxylic acids is 1. The summed E-state index contributed by atoms with van der Waals surface area (Å²) in [6, 6.07) is 5.26. The zero-order valence-electron chi connectivity index (χ0n) is 7.83. The lowest BCUT2D eigenvalue weighted by atomic mass is 10.1. The van der Waals surface area contributed by atoms with Crippen LogP contribution in [0.25, 0.3) is 5.57 Å². The van der Waals surface area contributed by atoms with Crippen molar-refractivity contribution >= 4 is 11.9 Å². The van der Waals surface area contributed by atoms with Gasteiger partial charge < -0.3 is 4.74 Å². The van der Waals surface area contributed by atoms with Crippen LogP contribution in [0, 0.1) is 0 Å². The van der Waals surface area contributed by atoms with Gasteiger partial charge in [0, 0.05) is 11.1 Å². The van der Waals surface area contributed by atoms with E-state index < -0.39 is 0 Å². The number of aldehydes is 1. The lowest BCUT2D eigenvalue weighted by molar-refractivity contribution is 0.112. The molecule has 0 atom stereocenters. The molecule has 0 N–H and O–H groups in total. The molecular formula is C11H12O2. The zero-order valence-corrected chi connectivity index (χ0v) is 7.83. The average molecular weight is 176 g/mol. The monoisotopic (exact) mass is 176 g/mol. The molecular weight excluding hydrogens is 164 g/mol. The molecule has 0 saturated heterocycles. The molecule has 0 unspecified atom stereocenters. The molecule has 0 aliphatic heterocycles. The normalized spacial score (nSPS) is 9.38. The molecule has 0 aromatic heterocycles. The molecule has 0 heterocycles. The van der Waals surface area contributed by atoms with Crippen LogP contribution in [-0.2, 0) is 0 Å². The van der Waals surface area contributed by atoms with E-state index in [9.17, 15) is 4.79 Å². The van der Waals surface area contributed by atoms with Gasteiger partial charge in [-0.3, -0.25) is 4.79 Å². The number of hydrogen-bond acceptors (Lipinski definition) is 2. The van der Waals surface area contributed by atoms with E-state index in [1.54, 1.807) is 25.3 Å². The van der Waals surface area contributed by atoms with Crippen molar-refractivity contribution in [3.63, 3.8) is 0 Å². The Balaban J connectivity index is 3.25. The Kier molecular flexibility index (Phi) is 2.85. The third kappa shape index (κ3) is 1.96. The highest BCUT2D eigenvalue weighted by molar-refractivity contribution is 5.79. The standard InChI is InChI=1S/C11H12O2/c1-8(2)10-6-9(7-12)4-5-11(10)13-3/h4-7H,1H2,2-3H3. The molecule has 0 aliphatic carbocycles. The van der Waals surface area contributed by atoms with Crippen molar-refractivity contribution in [3.05, 3.63) is 35.9 Å². The van der Waals surface area contributed by atoms with Crippen molar-refractivity contribution in [2.45, 2.75) is 6.92 Å². The van der Waals surface area contributed by atoms with Crippen molar-refractivity contribution in [2.24, 2.45) is 0 Å². The van der Waals surface area contributed by atoms with Crippen LogP contribution in [0.4, 0.5) is 0 Å². The summed E-state index contributed by atoms with van der Waals surface area (Å²) < 4.78 is 5.13. The third-order valence-corrected chi connectivity index (χ3v) is 1.82. The topological polar surface area (TPSA) is 26.3 Å². The van der Waals surface area contributed by atoms with Crippen LogP contribution in [0.5, 0.6) is 5.75 Å². The molecule has 13 heavy (non-hydrogen) atoms. The maximum Gasteiger partial charge on any atom is 0.150 e. The summed E-state index contributed by atoms with van der Waals surface area (Å²) in [5.41, 5.74) is 2.41. The highest BCUT2D eigenvalue weighted by Crippen LogP contribution is 2.25. The maximum absolute atomic E-state index is 10.5. The van der Waals surface area contributed by atoms with Crippen molar-refractivity contribution in [1.29, 1.82) is 0 Å². The van der Waals surface area contributed by atoms with Crippen LogP contribution < -0.4 is 4.74 Å². The second-order valence-corrected chi connectivity index (χ2v) is 2.86. The highest BCUT2D eigenvalue weighted by atomic mass is 16.5. The Morgan fingerprint density at radius 1 is 1.54 bits per heavy atom. The molecule has 1 aromatic rings. The Hall–Kier alpha value is -1.57. The van der Waals surface area contributed by atoms with Gasteiger partial charge in [-0.15, -0.1) is 0 Å². The van der Waals surface area contributed by atoms with Gasteiger partial charge in [-0.1, -0.05) is 6.58 Å². The molecule has 0 aliphatic rings. The quantitative estimate of drug-likeness (QED) is 0.661. The SMILES string of the molecule is C=C(C)c1cc(C=O)ccc1OC. The molecule has 1 aromatic carbocycles. The van der Waals surface area contributed by atoms with E-state index in [1.165, 1.54) is 0 Å². The Bertz CT molecular complexity index is 340. The smallest absolute Gasteiger partial charge is 0.150 e. The minimum absolute atomic E-state index is 0.638. The maximum atomic E-state index is 10.5. The predicted molar refractivity (Wildman–Crippen MR) is 53.1 cm³/mol. The minimum Gasteiger partial charge on any atom is -0.496 e. The van der Waals surface area contributed by atoms with Gasteiger partial charge in [-0.25, -0.2) is 0 Å². The molecule has 0 saturated carbocycles.